The van der Waals surface area contributed by atoms with E-state index < -0.39 is 0 Å². The number of imidazole rings is 1. The number of rotatable bonds is 3. The number of hydrogen-bond donors (Lipinski definition) is 0. The van der Waals surface area contributed by atoms with Gasteiger partial charge in [0.2, 0.25) is 0 Å². The molecule has 0 spiro atoms. The predicted molar refractivity (Wildman–Crippen MR) is 85.4 cm³/mol. The number of halogens is 1. The van der Waals surface area contributed by atoms with Crippen LogP contribution in [0.3, 0.4) is 0 Å². The third-order valence-corrected chi connectivity index (χ3v) is 3.63. The van der Waals surface area contributed by atoms with E-state index in [0.717, 1.165) is 17.0 Å². The molecule has 0 atom stereocenters. The molecule has 0 amide bonds. The predicted octanol–water partition coefficient (Wildman–Crippen LogP) is 3.63. The molecule has 112 valence electrons. The molecule has 0 N–H and O–H groups in total. The lowest BCUT2D eigenvalue weighted by molar-refractivity contribution is 0.630. The largest absolute Gasteiger partial charge is 0.348 e. The van der Waals surface area contributed by atoms with Crippen LogP contribution in [0.25, 0.3) is 22.8 Å². The van der Waals surface area contributed by atoms with Gasteiger partial charge in [0, 0.05) is 31.3 Å². The highest BCUT2D eigenvalue weighted by Crippen LogP contribution is 2.26. The van der Waals surface area contributed by atoms with E-state index in [1.807, 2.05) is 41.4 Å². The van der Waals surface area contributed by atoms with Gasteiger partial charge in [-0.3, -0.25) is 4.98 Å². The van der Waals surface area contributed by atoms with Gasteiger partial charge in [-0.25, -0.2) is 14.4 Å². The Kier molecular flexibility index (Phi) is 3.31. The van der Waals surface area contributed by atoms with Crippen molar-refractivity contribution in [3.63, 3.8) is 0 Å². The van der Waals surface area contributed by atoms with Gasteiger partial charge in [-0.05, 0) is 29.8 Å². The van der Waals surface area contributed by atoms with E-state index in [0.29, 0.717) is 17.9 Å². The Bertz CT molecular complexity index is 917. The Morgan fingerprint density at radius 2 is 1.83 bits per heavy atom. The molecule has 3 heterocycles. The van der Waals surface area contributed by atoms with Gasteiger partial charge >= 0.3 is 0 Å². The standard InChI is InChI=1S/C18H13FN4/c19-15-6-2-1-5-14(15)18-21-16-7-9-23(12-17(16)22-18)11-13-4-3-8-20-10-13/h1-10,12H,11H2. The average Bonchev–Trinajstić information content (AvgIpc) is 2.99. The van der Waals surface area contributed by atoms with Crippen molar-refractivity contribution in [3.8, 4) is 22.8 Å². The first kappa shape index (κ1) is 13.6. The van der Waals surface area contributed by atoms with Gasteiger partial charge in [0.15, 0.2) is 5.82 Å². The SMILES string of the molecule is Fc1ccccc1-c1nc2ccn(Cc3cccnc3)cc-2n1. The molecule has 0 bridgehead atoms. The summed E-state index contributed by atoms with van der Waals surface area (Å²) in [6.07, 6.45) is 7.44. The lowest BCUT2D eigenvalue weighted by atomic mass is 10.2. The van der Waals surface area contributed by atoms with Crippen LogP contribution in [0, 0.1) is 5.82 Å². The van der Waals surface area contributed by atoms with Crippen molar-refractivity contribution in [1.82, 2.24) is 19.5 Å². The third kappa shape index (κ3) is 2.68. The molecule has 1 aromatic carbocycles. The maximum absolute atomic E-state index is 13.9. The van der Waals surface area contributed by atoms with Crippen LogP contribution in [-0.4, -0.2) is 19.5 Å². The number of fused-ring (bicyclic) bond motifs is 1. The quantitative estimate of drug-likeness (QED) is 0.580. The zero-order chi connectivity index (χ0) is 15.6. The monoisotopic (exact) mass is 304 g/mol. The summed E-state index contributed by atoms with van der Waals surface area (Å²) in [7, 11) is 0. The summed E-state index contributed by atoms with van der Waals surface area (Å²) in [5.41, 5.74) is 3.02. The van der Waals surface area contributed by atoms with Crippen LogP contribution < -0.4 is 0 Å². The molecule has 0 saturated carbocycles. The van der Waals surface area contributed by atoms with Crippen molar-refractivity contribution in [2.45, 2.75) is 6.54 Å². The third-order valence-electron chi connectivity index (χ3n) is 3.63. The highest BCUT2D eigenvalue weighted by atomic mass is 19.1. The zero-order valence-electron chi connectivity index (χ0n) is 12.2. The molecule has 2 aliphatic heterocycles. The first-order chi connectivity index (χ1) is 11.3. The summed E-state index contributed by atoms with van der Waals surface area (Å²) in [5, 5.41) is 0. The first-order valence-corrected chi connectivity index (χ1v) is 7.27. The van der Waals surface area contributed by atoms with E-state index in [1.54, 1.807) is 24.4 Å². The number of hydrogen-bond acceptors (Lipinski definition) is 3. The molecule has 4 nitrogen and oxygen atoms in total. The highest BCUT2D eigenvalue weighted by Gasteiger charge is 2.15. The van der Waals surface area contributed by atoms with E-state index in [-0.39, 0.29) is 5.82 Å². The van der Waals surface area contributed by atoms with Gasteiger partial charge in [-0.15, -0.1) is 0 Å². The second kappa shape index (κ2) is 5.61. The number of pyridine rings is 2. The fraction of sp³-hybridized carbons (Fsp3) is 0.0556. The Balaban J connectivity index is 1.71. The molecule has 0 unspecified atom stereocenters. The fourth-order valence-corrected chi connectivity index (χ4v) is 2.52. The smallest absolute Gasteiger partial charge is 0.163 e. The van der Waals surface area contributed by atoms with Crippen molar-refractivity contribution in [2.24, 2.45) is 0 Å². The Morgan fingerprint density at radius 3 is 2.65 bits per heavy atom. The summed E-state index contributed by atoms with van der Waals surface area (Å²) in [6.45, 7) is 0.700. The van der Waals surface area contributed by atoms with E-state index in [4.69, 9.17) is 0 Å². The van der Waals surface area contributed by atoms with Gasteiger partial charge in [0.1, 0.15) is 11.5 Å². The second-order valence-electron chi connectivity index (χ2n) is 5.28. The second-order valence-corrected chi connectivity index (χ2v) is 5.28. The molecule has 5 heteroatoms. The molecule has 2 aliphatic rings. The average molecular weight is 304 g/mol. The highest BCUT2D eigenvalue weighted by molar-refractivity contribution is 5.65. The van der Waals surface area contributed by atoms with Gasteiger partial charge in [0.25, 0.3) is 0 Å². The minimum absolute atomic E-state index is 0.314. The Hall–Kier alpha value is -3.08. The molecule has 4 rings (SSSR count). The Labute approximate surface area is 132 Å². The zero-order valence-corrected chi connectivity index (χ0v) is 12.2. The summed E-state index contributed by atoms with van der Waals surface area (Å²) in [6, 6.07) is 12.4. The molecule has 0 saturated heterocycles. The van der Waals surface area contributed by atoms with Crippen LogP contribution in [0.1, 0.15) is 5.56 Å². The van der Waals surface area contributed by atoms with Crippen molar-refractivity contribution in [3.05, 3.63) is 78.6 Å². The molecular formula is C18H13FN4. The van der Waals surface area contributed by atoms with Crippen LogP contribution in [0.2, 0.25) is 0 Å². The summed E-state index contributed by atoms with van der Waals surface area (Å²) >= 11 is 0. The molecular weight excluding hydrogens is 291 g/mol. The van der Waals surface area contributed by atoms with E-state index in [9.17, 15) is 4.39 Å². The van der Waals surface area contributed by atoms with Gasteiger partial charge in [0.05, 0.1) is 11.3 Å². The van der Waals surface area contributed by atoms with Crippen LogP contribution in [-0.2, 0) is 6.54 Å². The summed E-state index contributed by atoms with van der Waals surface area (Å²) in [4.78, 5) is 13.0. The molecule has 0 aliphatic carbocycles. The van der Waals surface area contributed by atoms with Crippen LogP contribution in [0.4, 0.5) is 4.39 Å². The lowest BCUT2D eigenvalue weighted by Crippen LogP contribution is -2.01. The number of aromatic nitrogens is 4. The Morgan fingerprint density at radius 1 is 0.957 bits per heavy atom. The normalized spacial score (nSPS) is 11.0. The first-order valence-electron chi connectivity index (χ1n) is 7.27. The maximum Gasteiger partial charge on any atom is 0.163 e. The van der Waals surface area contributed by atoms with Crippen LogP contribution in [0.15, 0.2) is 67.3 Å². The van der Waals surface area contributed by atoms with Crippen molar-refractivity contribution in [2.75, 3.05) is 0 Å². The van der Waals surface area contributed by atoms with E-state index >= 15 is 0 Å². The molecule has 23 heavy (non-hydrogen) atoms. The summed E-state index contributed by atoms with van der Waals surface area (Å²) in [5.74, 6) is 0.100. The minimum Gasteiger partial charge on any atom is -0.348 e. The van der Waals surface area contributed by atoms with Crippen molar-refractivity contribution < 1.29 is 4.39 Å². The number of nitrogens with zero attached hydrogens (tertiary/aromatic N) is 4. The van der Waals surface area contributed by atoms with Gasteiger partial charge < -0.3 is 4.57 Å². The molecule has 0 radical (unpaired) electrons. The van der Waals surface area contributed by atoms with E-state index in [1.165, 1.54) is 6.07 Å². The van der Waals surface area contributed by atoms with Gasteiger partial charge in [-0.1, -0.05) is 18.2 Å². The molecule has 2 aromatic rings. The number of benzene rings is 1. The summed E-state index contributed by atoms with van der Waals surface area (Å²) < 4.78 is 15.9. The fourth-order valence-electron chi connectivity index (χ4n) is 2.52. The van der Waals surface area contributed by atoms with Crippen molar-refractivity contribution in [1.29, 1.82) is 0 Å². The maximum atomic E-state index is 13.9. The lowest BCUT2D eigenvalue weighted by Gasteiger charge is -2.07. The van der Waals surface area contributed by atoms with Crippen LogP contribution >= 0.6 is 0 Å². The van der Waals surface area contributed by atoms with E-state index in [2.05, 4.69) is 15.0 Å². The minimum atomic E-state index is -0.314. The van der Waals surface area contributed by atoms with Crippen molar-refractivity contribution >= 4 is 0 Å². The molecule has 0 fully saturated rings. The van der Waals surface area contributed by atoms with Crippen LogP contribution in [0.5, 0.6) is 0 Å². The molecule has 1 aromatic heterocycles. The van der Waals surface area contributed by atoms with Gasteiger partial charge in [-0.2, -0.15) is 0 Å². The topological polar surface area (TPSA) is 43.6 Å².